The number of hydrogen-bond donors (Lipinski definition) is 1. The van der Waals surface area contributed by atoms with Gasteiger partial charge in [-0.15, -0.1) is 0 Å². The third-order valence-electron chi connectivity index (χ3n) is 3.29. The molecule has 4 heteroatoms. The molecule has 0 aromatic rings. The van der Waals surface area contributed by atoms with E-state index in [0.717, 1.165) is 18.7 Å². The molecule has 2 unspecified atom stereocenters. The summed E-state index contributed by atoms with van der Waals surface area (Å²) in [6, 6.07) is 0.582. The van der Waals surface area contributed by atoms with E-state index in [2.05, 4.69) is 19.2 Å². The molecule has 80 valence electrons. The molecule has 1 amide bonds. The van der Waals surface area contributed by atoms with Crippen molar-refractivity contribution in [1.29, 1.82) is 0 Å². The molecule has 2 heterocycles. The number of thioether (sulfide) groups is 1. The van der Waals surface area contributed by atoms with Crippen molar-refractivity contribution in [2.75, 3.05) is 19.3 Å². The second kappa shape index (κ2) is 3.42. The van der Waals surface area contributed by atoms with Crippen molar-refractivity contribution in [3.63, 3.8) is 0 Å². The standard InChI is InChI=1S/C10H18N2OS/c1-10(2)8(6-14-10)11-7-4-5-12(3)9(7)13/h7-8,11H,4-6H2,1-3H3. The number of nitrogens with one attached hydrogen (secondary N) is 1. The van der Waals surface area contributed by atoms with Gasteiger partial charge in [0, 0.05) is 30.1 Å². The van der Waals surface area contributed by atoms with Crippen LogP contribution < -0.4 is 5.32 Å². The predicted molar refractivity (Wildman–Crippen MR) is 59.5 cm³/mol. The number of hydrogen-bond acceptors (Lipinski definition) is 3. The molecule has 2 rings (SSSR count). The SMILES string of the molecule is CN1CCC(NC2CSC2(C)C)C1=O. The number of rotatable bonds is 2. The lowest BCUT2D eigenvalue weighted by molar-refractivity contribution is -0.128. The lowest BCUT2D eigenvalue weighted by Gasteiger charge is -2.45. The van der Waals surface area contributed by atoms with Gasteiger partial charge in [-0.2, -0.15) is 11.8 Å². The summed E-state index contributed by atoms with van der Waals surface area (Å²) < 4.78 is 0.307. The second-order valence-corrected chi connectivity index (χ2v) is 6.41. The maximum absolute atomic E-state index is 11.6. The summed E-state index contributed by atoms with van der Waals surface area (Å²) in [5.41, 5.74) is 0. The fourth-order valence-corrected chi connectivity index (χ4v) is 3.13. The van der Waals surface area contributed by atoms with Gasteiger partial charge in [0.15, 0.2) is 0 Å². The number of nitrogens with zero attached hydrogens (tertiary/aromatic N) is 1. The van der Waals surface area contributed by atoms with Crippen LogP contribution in [0.3, 0.4) is 0 Å². The zero-order valence-corrected chi connectivity index (χ0v) is 9.86. The summed E-state index contributed by atoms with van der Waals surface area (Å²) in [4.78, 5) is 13.5. The number of carbonyl (C=O) groups is 1. The fourth-order valence-electron chi connectivity index (χ4n) is 1.97. The molecule has 0 saturated carbocycles. The molecule has 0 aromatic carbocycles. The number of amides is 1. The van der Waals surface area contributed by atoms with Gasteiger partial charge in [-0.05, 0) is 20.3 Å². The van der Waals surface area contributed by atoms with Crippen LogP contribution in [0.25, 0.3) is 0 Å². The first-order chi connectivity index (χ1) is 6.50. The van der Waals surface area contributed by atoms with E-state index in [9.17, 15) is 4.79 Å². The molecule has 0 aliphatic carbocycles. The highest BCUT2D eigenvalue weighted by atomic mass is 32.2. The van der Waals surface area contributed by atoms with Crippen LogP contribution in [0.4, 0.5) is 0 Å². The Morgan fingerprint density at radius 2 is 2.29 bits per heavy atom. The minimum atomic E-state index is 0.0742. The van der Waals surface area contributed by atoms with E-state index in [1.54, 1.807) is 0 Å². The van der Waals surface area contributed by atoms with E-state index < -0.39 is 0 Å². The van der Waals surface area contributed by atoms with Crippen LogP contribution in [0.1, 0.15) is 20.3 Å². The Kier molecular flexibility index (Phi) is 2.52. The lowest BCUT2D eigenvalue weighted by Crippen LogP contribution is -2.58. The molecule has 0 bridgehead atoms. The van der Waals surface area contributed by atoms with Gasteiger partial charge < -0.3 is 10.2 Å². The smallest absolute Gasteiger partial charge is 0.239 e. The van der Waals surface area contributed by atoms with Gasteiger partial charge in [0.05, 0.1) is 6.04 Å². The van der Waals surface area contributed by atoms with Crippen LogP contribution in [-0.4, -0.2) is 47.0 Å². The van der Waals surface area contributed by atoms with Crippen LogP contribution in [0.15, 0.2) is 0 Å². The van der Waals surface area contributed by atoms with Crippen molar-refractivity contribution < 1.29 is 4.79 Å². The minimum Gasteiger partial charge on any atom is -0.344 e. The van der Waals surface area contributed by atoms with Crippen LogP contribution in [-0.2, 0) is 4.79 Å². The highest BCUT2D eigenvalue weighted by Gasteiger charge is 2.42. The van der Waals surface area contributed by atoms with E-state index in [0.29, 0.717) is 10.8 Å². The first-order valence-corrected chi connectivity index (χ1v) is 6.14. The highest BCUT2D eigenvalue weighted by molar-refractivity contribution is 8.02. The quantitative estimate of drug-likeness (QED) is 0.734. The molecule has 2 atom stereocenters. The van der Waals surface area contributed by atoms with Crippen LogP contribution in [0, 0.1) is 0 Å². The van der Waals surface area contributed by atoms with Crippen molar-refractivity contribution >= 4 is 17.7 Å². The Hall–Kier alpha value is -0.220. The van der Waals surface area contributed by atoms with Crippen molar-refractivity contribution in [2.24, 2.45) is 0 Å². The number of likely N-dealkylation sites (tertiary alicyclic amines) is 1. The second-order valence-electron chi connectivity index (χ2n) is 4.73. The largest absolute Gasteiger partial charge is 0.344 e. The maximum Gasteiger partial charge on any atom is 0.239 e. The molecule has 2 aliphatic heterocycles. The molecular formula is C10H18N2OS. The molecular weight excluding hydrogens is 196 g/mol. The van der Waals surface area contributed by atoms with Crippen molar-refractivity contribution in [3.8, 4) is 0 Å². The molecule has 0 aromatic heterocycles. The first-order valence-electron chi connectivity index (χ1n) is 5.16. The van der Waals surface area contributed by atoms with Crippen molar-refractivity contribution in [3.05, 3.63) is 0 Å². The Morgan fingerprint density at radius 1 is 1.57 bits per heavy atom. The van der Waals surface area contributed by atoms with Gasteiger partial charge in [0.25, 0.3) is 0 Å². The summed E-state index contributed by atoms with van der Waals surface area (Å²) in [7, 11) is 1.88. The molecule has 1 N–H and O–H groups in total. The molecule has 14 heavy (non-hydrogen) atoms. The van der Waals surface area contributed by atoms with Gasteiger partial charge in [-0.25, -0.2) is 0 Å². The number of likely N-dealkylation sites (N-methyl/N-ethyl adjacent to an activating group) is 1. The molecule has 3 nitrogen and oxygen atoms in total. The molecule has 0 radical (unpaired) electrons. The van der Waals surface area contributed by atoms with Crippen LogP contribution in [0.5, 0.6) is 0 Å². The normalized spacial score (nSPS) is 35.9. The number of carbonyl (C=O) groups excluding carboxylic acids is 1. The van der Waals surface area contributed by atoms with Crippen molar-refractivity contribution in [2.45, 2.75) is 37.1 Å². The van der Waals surface area contributed by atoms with E-state index in [4.69, 9.17) is 0 Å². The first kappa shape index (κ1) is 10.3. The molecule has 2 saturated heterocycles. The molecule has 2 aliphatic rings. The predicted octanol–water partition coefficient (Wildman–Crippen LogP) is 0.701. The topological polar surface area (TPSA) is 32.3 Å². The lowest BCUT2D eigenvalue weighted by atomic mass is 10.0. The summed E-state index contributed by atoms with van der Waals surface area (Å²) in [6.45, 7) is 5.38. The van der Waals surface area contributed by atoms with Crippen LogP contribution in [0.2, 0.25) is 0 Å². The van der Waals surface area contributed by atoms with E-state index >= 15 is 0 Å². The van der Waals surface area contributed by atoms with Gasteiger partial charge >= 0.3 is 0 Å². The summed E-state index contributed by atoms with van der Waals surface area (Å²) >= 11 is 1.97. The Balaban J connectivity index is 1.90. The summed E-state index contributed by atoms with van der Waals surface area (Å²) in [5, 5.41) is 3.47. The molecule has 2 fully saturated rings. The third-order valence-corrected chi connectivity index (χ3v) is 4.82. The van der Waals surface area contributed by atoms with Crippen LogP contribution >= 0.6 is 11.8 Å². The summed E-state index contributed by atoms with van der Waals surface area (Å²) in [5.74, 6) is 1.40. The van der Waals surface area contributed by atoms with E-state index in [-0.39, 0.29) is 11.9 Å². The van der Waals surface area contributed by atoms with Gasteiger partial charge in [-0.3, -0.25) is 4.79 Å². The fraction of sp³-hybridized carbons (Fsp3) is 0.900. The van der Waals surface area contributed by atoms with E-state index in [1.165, 1.54) is 0 Å². The third kappa shape index (κ3) is 1.65. The highest BCUT2D eigenvalue weighted by Crippen LogP contribution is 2.40. The monoisotopic (exact) mass is 214 g/mol. The summed E-state index contributed by atoms with van der Waals surface area (Å²) in [6.07, 6.45) is 0.965. The van der Waals surface area contributed by atoms with Gasteiger partial charge in [0.2, 0.25) is 5.91 Å². The van der Waals surface area contributed by atoms with Gasteiger partial charge in [0.1, 0.15) is 0 Å². The van der Waals surface area contributed by atoms with Gasteiger partial charge in [-0.1, -0.05) is 0 Å². The van der Waals surface area contributed by atoms with Crippen molar-refractivity contribution in [1.82, 2.24) is 10.2 Å². The average Bonchev–Trinajstić information content (AvgIpc) is 2.43. The van der Waals surface area contributed by atoms with E-state index in [1.807, 2.05) is 23.7 Å². The average molecular weight is 214 g/mol. The Morgan fingerprint density at radius 3 is 2.64 bits per heavy atom. The minimum absolute atomic E-state index is 0.0742. The Bertz CT molecular complexity index is 255. The zero-order valence-electron chi connectivity index (χ0n) is 9.04. The Labute approximate surface area is 89.6 Å². The maximum atomic E-state index is 11.6. The molecule has 0 spiro atoms. The zero-order chi connectivity index (χ0) is 10.3.